The third-order valence-electron chi connectivity index (χ3n) is 8.26. The van der Waals surface area contributed by atoms with Crippen LogP contribution in [-0.4, -0.2) is 48.3 Å². The largest absolute Gasteiger partial charge is 0.591 e. The van der Waals surface area contributed by atoms with Crippen molar-refractivity contribution in [2.24, 2.45) is 16.2 Å². The number of carbonyl (C=O) groups is 1. The fraction of sp³-hybridized carbons (Fsp3) is 0.533. The summed E-state index contributed by atoms with van der Waals surface area (Å²) in [6.45, 7) is 8.00. The first-order valence-electron chi connectivity index (χ1n) is 13.4. The van der Waals surface area contributed by atoms with E-state index in [-0.39, 0.29) is 22.0 Å². The molecule has 0 bridgehead atoms. The fourth-order valence-electron chi connectivity index (χ4n) is 5.95. The molecule has 1 heterocycles. The van der Waals surface area contributed by atoms with Crippen molar-refractivity contribution in [3.05, 3.63) is 58.1 Å². The summed E-state index contributed by atoms with van der Waals surface area (Å²) < 4.78 is 28.1. The highest BCUT2D eigenvalue weighted by Crippen LogP contribution is 2.46. The lowest BCUT2D eigenvalue weighted by Crippen LogP contribution is -2.48. The summed E-state index contributed by atoms with van der Waals surface area (Å²) in [4.78, 5) is 14.8. The molecular weight excluding hydrogens is 520 g/mol. The second-order valence-corrected chi connectivity index (χ2v) is 14.3. The van der Waals surface area contributed by atoms with Gasteiger partial charge in [0.1, 0.15) is 21.9 Å². The normalized spacial score (nSPS) is 25.7. The molecule has 0 amide bonds. The van der Waals surface area contributed by atoms with Gasteiger partial charge in [-0.3, -0.25) is 0 Å². The van der Waals surface area contributed by atoms with E-state index in [9.17, 15) is 9.35 Å². The molecule has 1 saturated carbocycles. The van der Waals surface area contributed by atoms with Gasteiger partial charge < -0.3 is 18.9 Å². The third-order valence-corrected chi connectivity index (χ3v) is 9.86. The summed E-state index contributed by atoms with van der Waals surface area (Å²) in [6.07, 6.45) is 7.16. The summed E-state index contributed by atoms with van der Waals surface area (Å²) in [6, 6.07) is 11.8. The van der Waals surface area contributed by atoms with Crippen LogP contribution < -0.4 is 9.64 Å². The molecule has 204 valence electrons. The lowest BCUT2D eigenvalue weighted by atomic mass is 9.69. The van der Waals surface area contributed by atoms with E-state index in [1.165, 1.54) is 18.2 Å². The molecule has 4 atom stereocenters. The van der Waals surface area contributed by atoms with E-state index in [4.69, 9.17) is 21.1 Å². The molecule has 0 saturated heterocycles. The highest BCUT2D eigenvalue weighted by Gasteiger charge is 2.43. The maximum Gasteiger partial charge on any atom is 0.337 e. The number of methoxy groups -OCH3 is 1. The van der Waals surface area contributed by atoms with Gasteiger partial charge in [-0.15, -0.1) is 0 Å². The molecule has 2 unspecified atom stereocenters. The number of anilines is 1. The third kappa shape index (κ3) is 5.43. The number of fused-ring (bicyclic) bond motifs is 3. The minimum atomic E-state index is -1.26. The molecular formula is C30H37ClN2O4S. The Bertz CT molecular complexity index is 1230. The SMILES string of the molecule is COC(=O)c1ccc2c(c1)N(C[C@@H]1CC[C@H]1C=N[S+]([O-])C(C)(C)C)CC1(CCCc3cc(Cl)ccc31)CO2. The van der Waals surface area contributed by atoms with E-state index in [0.29, 0.717) is 18.1 Å². The second-order valence-electron chi connectivity index (χ2n) is 11.9. The lowest BCUT2D eigenvalue weighted by molar-refractivity contribution is 0.0600. The van der Waals surface area contributed by atoms with Crippen LogP contribution in [0.25, 0.3) is 0 Å². The monoisotopic (exact) mass is 556 g/mol. The molecule has 1 fully saturated rings. The van der Waals surface area contributed by atoms with Gasteiger partial charge in [0.05, 0.1) is 31.2 Å². The molecule has 0 N–H and O–H groups in total. The Kier molecular flexibility index (Phi) is 7.73. The first-order chi connectivity index (χ1) is 18.1. The Hall–Kier alpha value is -2.22. The predicted molar refractivity (Wildman–Crippen MR) is 154 cm³/mol. The van der Waals surface area contributed by atoms with E-state index in [1.807, 2.05) is 45.2 Å². The zero-order valence-corrected chi connectivity index (χ0v) is 24.2. The van der Waals surface area contributed by atoms with Gasteiger partial charge in [-0.25, -0.2) is 4.79 Å². The van der Waals surface area contributed by atoms with Gasteiger partial charge in [-0.05, 0) is 100 Å². The van der Waals surface area contributed by atoms with Gasteiger partial charge in [0.15, 0.2) is 0 Å². The van der Waals surface area contributed by atoms with E-state index in [0.717, 1.165) is 61.7 Å². The van der Waals surface area contributed by atoms with Crippen molar-refractivity contribution < 1.29 is 18.8 Å². The summed E-state index contributed by atoms with van der Waals surface area (Å²) in [7, 11) is 1.40. The average Bonchev–Trinajstić information content (AvgIpc) is 3.02. The Labute approximate surface area is 234 Å². The molecule has 5 rings (SSSR count). The number of hydrogen-bond donors (Lipinski definition) is 0. The highest BCUT2D eigenvalue weighted by molar-refractivity contribution is 7.91. The van der Waals surface area contributed by atoms with Crippen LogP contribution in [0, 0.1) is 11.8 Å². The van der Waals surface area contributed by atoms with Crippen LogP contribution in [0.1, 0.15) is 67.9 Å². The van der Waals surface area contributed by atoms with Crippen molar-refractivity contribution in [2.45, 2.75) is 63.0 Å². The summed E-state index contributed by atoms with van der Waals surface area (Å²) >= 11 is 5.11. The van der Waals surface area contributed by atoms with Crippen molar-refractivity contribution >= 4 is 40.8 Å². The van der Waals surface area contributed by atoms with Gasteiger partial charge in [0.2, 0.25) is 0 Å². The minimum absolute atomic E-state index is 0.177. The Balaban J connectivity index is 1.48. The molecule has 38 heavy (non-hydrogen) atoms. The molecule has 0 aromatic heterocycles. The lowest BCUT2D eigenvalue weighted by Gasteiger charge is -2.43. The molecule has 6 nitrogen and oxygen atoms in total. The van der Waals surface area contributed by atoms with Gasteiger partial charge in [0, 0.05) is 29.4 Å². The zero-order valence-electron chi connectivity index (χ0n) is 22.7. The van der Waals surface area contributed by atoms with Gasteiger partial charge in [-0.1, -0.05) is 22.1 Å². The predicted octanol–water partition coefficient (Wildman–Crippen LogP) is 6.16. The number of ether oxygens (including phenoxy) is 2. The smallest absolute Gasteiger partial charge is 0.337 e. The summed E-state index contributed by atoms with van der Waals surface area (Å²) in [5.74, 6) is 1.09. The van der Waals surface area contributed by atoms with Crippen LogP contribution in [0.2, 0.25) is 5.02 Å². The molecule has 2 aromatic rings. The van der Waals surface area contributed by atoms with Crippen molar-refractivity contribution in [3.8, 4) is 5.75 Å². The van der Waals surface area contributed by atoms with Crippen LogP contribution in [0.15, 0.2) is 40.8 Å². The quantitative estimate of drug-likeness (QED) is 0.250. The van der Waals surface area contributed by atoms with Crippen LogP contribution in [0.4, 0.5) is 5.69 Å². The van der Waals surface area contributed by atoms with E-state index >= 15 is 0 Å². The Morgan fingerprint density at radius 2 is 2.11 bits per heavy atom. The number of rotatable bonds is 5. The first-order valence-corrected chi connectivity index (χ1v) is 14.9. The molecule has 1 aliphatic heterocycles. The molecule has 0 radical (unpaired) electrons. The van der Waals surface area contributed by atoms with Crippen molar-refractivity contribution in [1.29, 1.82) is 0 Å². The Morgan fingerprint density at radius 1 is 1.29 bits per heavy atom. The van der Waals surface area contributed by atoms with Crippen molar-refractivity contribution in [1.82, 2.24) is 0 Å². The van der Waals surface area contributed by atoms with Gasteiger partial charge in [0.25, 0.3) is 0 Å². The summed E-state index contributed by atoms with van der Waals surface area (Å²) in [5.41, 5.74) is 3.87. The number of halogens is 1. The topological polar surface area (TPSA) is 74.2 Å². The number of hydrogen-bond acceptors (Lipinski definition) is 6. The van der Waals surface area contributed by atoms with Gasteiger partial charge >= 0.3 is 5.97 Å². The maximum absolute atomic E-state index is 12.5. The zero-order chi connectivity index (χ0) is 27.1. The first kappa shape index (κ1) is 27.4. The molecule has 3 aliphatic rings. The van der Waals surface area contributed by atoms with Gasteiger partial charge in [-0.2, -0.15) is 0 Å². The van der Waals surface area contributed by atoms with Crippen LogP contribution in [0.5, 0.6) is 5.75 Å². The number of esters is 1. The molecule has 1 spiro atoms. The maximum atomic E-state index is 12.5. The van der Waals surface area contributed by atoms with E-state index in [2.05, 4.69) is 21.4 Å². The van der Waals surface area contributed by atoms with Crippen molar-refractivity contribution in [3.63, 3.8) is 0 Å². The summed E-state index contributed by atoms with van der Waals surface area (Å²) in [5, 5.41) is 0.766. The number of carbonyl (C=O) groups excluding carboxylic acids is 1. The average molecular weight is 557 g/mol. The van der Waals surface area contributed by atoms with Crippen molar-refractivity contribution in [2.75, 3.05) is 31.7 Å². The molecule has 8 heteroatoms. The highest BCUT2D eigenvalue weighted by atomic mass is 35.5. The fourth-order valence-corrected chi connectivity index (χ4v) is 6.73. The Morgan fingerprint density at radius 3 is 2.82 bits per heavy atom. The molecule has 2 aliphatic carbocycles. The number of nitrogens with zero attached hydrogens (tertiary/aromatic N) is 2. The number of aryl methyl sites for hydroxylation is 1. The standard InChI is InChI=1S/C30H37ClN2O4S/c1-29(2,3)38(35)32-16-22-7-8-23(22)17-33-18-30(13-5-6-20-14-24(31)10-11-25(20)30)19-37-27-12-9-21(15-26(27)33)28(34)36-4/h9-12,14-16,22-23H,5-8,13,17-19H2,1-4H3/t22-,23-,30?,38?/m0/s1. The second kappa shape index (κ2) is 10.7. The van der Waals surface area contributed by atoms with Crippen LogP contribution in [0.3, 0.4) is 0 Å². The number of benzene rings is 2. The molecule has 2 aromatic carbocycles. The minimum Gasteiger partial charge on any atom is -0.591 e. The van der Waals surface area contributed by atoms with E-state index in [1.54, 1.807) is 6.07 Å². The van der Waals surface area contributed by atoms with E-state index < -0.39 is 11.4 Å². The van der Waals surface area contributed by atoms with Crippen LogP contribution in [-0.2, 0) is 27.9 Å². The van der Waals surface area contributed by atoms with Crippen LogP contribution >= 0.6 is 11.6 Å².